The standard InChI is InChI=1S/C39H32ClN3O5/c1-39-31(36(46)43(38(39)48)25-10-6-3-7-11-25)21-29-27(34(39)30-20-22(40)12-19-32(30)44)17-18-28-33(29)37(47)42(35(28)45)26-15-13-24(14-16-26)41-23-8-4-2-5-9-23/h2-17,19-20,28-29,31,33-34,41,44H,18,21H2,1H3/t28-,29+,31-,33-,34+,39+/m0/s1. The lowest BCUT2D eigenvalue weighted by atomic mass is 9.51. The fourth-order valence-corrected chi connectivity index (χ4v) is 8.76. The molecule has 1 saturated carbocycles. The van der Waals surface area contributed by atoms with Crippen molar-refractivity contribution in [1.29, 1.82) is 0 Å². The van der Waals surface area contributed by atoms with E-state index in [1.165, 1.54) is 15.9 Å². The van der Waals surface area contributed by atoms with Crippen molar-refractivity contribution in [2.24, 2.45) is 29.1 Å². The Kier molecular flexibility index (Phi) is 7.03. The number of phenols is 1. The van der Waals surface area contributed by atoms with Crippen molar-refractivity contribution in [3.8, 4) is 5.75 Å². The van der Waals surface area contributed by atoms with E-state index in [1.807, 2.05) is 54.6 Å². The van der Waals surface area contributed by atoms with Gasteiger partial charge in [0, 0.05) is 27.9 Å². The number of para-hydroxylation sites is 2. The van der Waals surface area contributed by atoms with Crippen LogP contribution in [0.15, 0.2) is 115 Å². The molecule has 0 aromatic heterocycles. The fourth-order valence-electron chi connectivity index (χ4n) is 8.58. The maximum absolute atomic E-state index is 14.5. The van der Waals surface area contributed by atoms with Gasteiger partial charge in [0.1, 0.15) is 5.75 Å². The highest BCUT2D eigenvalue weighted by Crippen LogP contribution is 2.64. The quantitative estimate of drug-likeness (QED) is 0.173. The summed E-state index contributed by atoms with van der Waals surface area (Å²) in [6.45, 7) is 1.79. The van der Waals surface area contributed by atoms with Crippen LogP contribution >= 0.6 is 11.6 Å². The van der Waals surface area contributed by atoms with E-state index in [1.54, 1.807) is 55.5 Å². The van der Waals surface area contributed by atoms with E-state index >= 15 is 0 Å². The van der Waals surface area contributed by atoms with Gasteiger partial charge in [0.25, 0.3) is 0 Å². The molecule has 0 spiro atoms. The SMILES string of the molecule is C[C@@]12C(=O)N(c3ccccc3)C(=O)[C@@H]1C[C@@H]1C(=CC[C@@H]3C(=O)N(c4ccc(Nc5ccccc5)cc4)C(=O)[C@@H]31)[C@@H]2c1cc(Cl)ccc1O. The molecule has 2 heterocycles. The number of hydrogen-bond acceptors (Lipinski definition) is 6. The Bertz CT molecular complexity index is 2010. The molecule has 2 aliphatic carbocycles. The first-order valence-corrected chi connectivity index (χ1v) is 16.5. The van der Waals surface area contributed by atoms with Gasteiger partial charge in [-0.15, -0.1) is 0 Å². The predicted octanol–water partition coefficient (Wildman–Crippen LogP) is 7.22. The second-order valence-corrected chi connectivity index (χ2v) is 13.7. The minimum absolute atomic E-state index is 0.0499. The van der Waals surface area contributed by atoms with E-state index in [0.717, 1.165) is 16.9 Å². The highest BCUT2D eigenvalue weighted by molar-refractivity contribution is 6.30. The summed E-state index contributed by atoms with van der Waals surface area (Å²) < 4.78 is 0. The van der Waals surface area contributed by atoms with E-state index in [-0.39, 0.29) is 35.8 Å². The lowest BCUT2D eigenvalue weighted by Gasteiger charge is -2.49. The Morgan fingerprint density at radius 3 is 2.10 bits per heavy atom. The number of aromatic hydroxyl groups is 1. The maximum Gasteiger partial charge on any atom is 0.241 e. The molecule has 8 nitrogen and oxygen atoms in total. The summed E-state index contributed by atoms with van der Waals surface area (Å²) in [6.07, 6.45) is 2.49. The zero-order valence-electron chi connectivity index (χ0n) is 26.0. The predicted molar refractivity (Wildman–Crippen MR) is 183 cm³/mol. The summed E-state index contributed by atoms with van der Waals surface area (Å²) in [7, 11) is 0. The molecule has 4 aromatic carbocycles. The minimum atomic E-state index is -1.27. The lowest BCUT2D eigenvalue weighted by molar-refractivity contribution is -0.131. The van der Waals surface area contributed by atoms with Gasteiger partial charge in [-0.3, -0.25) is 24.1 Å². The molecule has 0 bridgehead atoms. The second kappa shape index (κ2) is 11.2. The van der Waals surface area contributed by atoms with Crippen LogP contribution in [-0.2, 0) is 19.2 Å². The average molecular weight is 658 g/mol. The van der Waals surface area contributed by atoms with Crippen molar-refractivity contribution in [2.45, 2.75) is 25.7 Å². The molecule has 8 rings (SSSR count). The number of phenolic OH excluding ortho intramolecular Hbond substituents is 1. The Labute approximate surface area is 282 Å². The van der Waals surface area contributed by atoms with Gasteiger partial charge in [-0.25, -0.2) is 4.90 Å². The number of rotatable bonds is 5. The first-order valence-electron chi connectivity index (χ1n) is 16.1. The number of benzene rings is 4. The third kappa shape index (κ3) is 4.43. The molecular weight excluding hydrogens is 626 g/mol. The topological polar surface area (TPSA) is 107 Å². The third-order valence-electron chi connectivity index (χ3n) is 10.8. The zero-order chi connectivity index (χ0) is 33.3. The summed E-state index contributed by atoms with van der Waals surface area (Å²) in [5.41, 5.74) is 2.62. The van der Waals surface area contributed by atoms with Crippen molar-refractivity contribution < 1.29 is 24.3 Å². The molecule has 2 N–H and O–H groups in total. The van der Waals surface area contributed by atoms with E-state index in [4.69, 9.17) is 11.6 Å². The number of allylic oxidation sites excluding steroid dienone is 2. The van der Waals surface area contributed by atoms with Gasteiger partial charge in [0.2, 0.25) is 23.6 Å². The molecule has 48 heavy (non-hydrogen) atoms. The molecule has 4 aromatic rings. The molecule has 4 aliphatic rings. The van der Waals surface area contributed by atoms with Crippen molar-refractivity contribution >= 4 is 58.0 Å². The number of halogens is 1. The lowest BCUT2D eigenvalue weighted by Crippen LogP contribution is -2.48. The van der Waals surface area contributed by atoms with Gasteiger partial charge in [-0.05, 0) is 92.4 Å². The van der Waals surface area contributed by atoms with Gasteiger partial charge >= 0.3 is 0 Å². The molecule has 3 fully saturated rings. The summed E-state index contributed by atoms with van der Waals surface area (Å²) in [5, 5.41) is 14.9. The van der Waals surface area contributed by atoms with Gasteiger partial charge < -0.3 is 10.4 Å². The number of fused-ring (bicyclic) bond motifs is 4. The van der Waals surface area contributed by atoms with Crippen LogP contribution in [0.4, 0.5) is 22.7 Å². The zero-order valence-corrected chi connectivity index (χ0v) is 26.8. The normalized spacial score (nSPS) is 27.8. The number of nitrogens with zero attached hydrogens (tertiary/aromatic N) is 2. The largest absolute Gasteiger partial charge is 0.508 e. The number of nitrogens with one attached hydrogen (secondary N) is 1. The third-order valence-corrected chi connectivity index (χ3v) is 11.0. The number of carbonyl (C=O) groups excluding carboxylic acids is 4. The smallest absolute Gasteiger partial charge is 0.241 e. The minimum Gasteiger partial charge on any atom is -0.508 e. The van der Waals surface area contributed by atoms with E-state index in [9.17, 15) is 24.3 Å². The summed E-state index contributed by atoms with van der Waals surface area (Å²) in [6, 6.07) is 30.4. The summed E-state index contributed by atoms with van der Waals surface area (Å²) in [4.78, 5) is 59.6. The number of hydrogen-bond donors (Lipinski definition) is 2. The maximum atomic E-state index is 14.5. The molecular formula is C39H32ClN3O5. The Morgan fingerprint density at radius 2 is 1.40 bits per heavy atom. The highest BCUT2D eigenvalue weighted by Gasteiger charge is 2.68. The van der Waals surface area contributed by atoms with Crippen LogP contribution in [0.25, 0.3) is 0 Å². The highest BCUT2D eigenvalue weighted by atomic mass is 35.5. The van der Waals surface area contributed by atoms with Gasteiger partial charge in [-0.1, -0.05) is 59.6 Å². The molecule has 2 aliphatic heterocycles. The molecule has 4 amide bonds. The first-order chi connectivity index (χ1) is 23.2. The molecule has 6 atom stereocenters. The average Bonchev–Trinajstić information content (AvgIpc) is 3.46. The number of carbonyl (C=O) groups is 4. The monoisotopic (exact) mass is 657 g/mol. The molecule has 2 saturated heterocycles. The van der Waals surface area contributed by atoms with E-state index in [2.05, 4.69) is 5.32 Å². The number of imide groups is 2. The molecule has 9 heteroatoms. The van der Waals surface area contributed by atoms with Crippen molar-refractivity contribution in [3.05, 3.63) is 125 Å². The second-order valence-electron chi connectivity index (χ2n) is 13.2. The number of amides is 4. The summed E-state index contributed by atoms with van der Waals surface area (Å²) in [5.74, 6) is -4.74. The summed E-state index contributed by atoms with van der Waals surface area (Å²) >= 11 is 6.46. The van der Waals surface area contributed by atoms with Crippen LogP contribution in [0, 0.1) is 29.1 Å². The van der Waals surface area contributed by atoms with Crippen LogP contribution in [0.3, 0.4) is 0 Å². The molecule has 0 unspecified atom stereocenters. The Hall–Kier alpha value is -5.21. The van der Waals surface area contributed by atoms with Gasteiger partial charge in [0.15, 0.2) is 0 Å². The van der Waals surface area contributed by atoms with E-state index in [0.29, 0.717) is 28.4 Å². The Morgan fingerprint density at radius 1 is 0.750 bits per heavy atom. The van der Waals surface area contributed by atoms with Crippen LogP contribution < -0.4 is 15.1 Å². The van der Waals surface area contributed by atoms with E-state index < -0.39 is 35.0 Å². The fraction of sp³-hybridized carbons (Fsp3) is 0.231. The van der Waals surface area contributed by atoms with Crippen molar-refractivity contribution in [3.63, 3.8) is 0 Å². The van der Waals surface area contributed by atoms with Crippen molar-refractivity contribution in [2.75, 3.05) is 15.1 Å². The van der Waals surface area contributed by atoms with Crippen LogP contribution in [0.5, 0.6) is 5.75 Å². The van der Waals surface area contributed by atoms with Crippen LogP contribution in [0.2, 0.25) is 5.02 Å². The molecule has 0 radical (unpaired) electrons. The van der Waals surface area contributed by atoms with Crippen LogP contribution in [-0.4, -0.2) is 28.7 Å². The van der Waals surface area contributed by atoms with Gasteiger partial charge in [0.05, 0.1) is 34.5 Å². The Balaban J connectivity index is 1.18. The van der Waals surface area contributed by atoms with Crippen LogP contribution in [0.1, 0.15) is 31.2 Å². The van der Waals surface area contributed by atoms with Crippen molar-refractivity contribution in [1.82, 2.24) is 0 Å². The van der Waals surface area contributed by atoms with Gasteiger partial charge in [-0.2, -0.15) is 0 Å². The molecule has 240 valence electrons. The first kappa shape index (κ1) is 30.1. The number of anilines is 4.